The van der Waals surface area contributed by atoms with Crippen LogP contribution in [0, 0.1) is 20.8 Å². The van der Waals surface area contributed by atoms with E-state index in [2.05, 4.69) is 55.5 Å². The van der Waals surface area contributed by atoms with E-state index in [0.717, 1.165) is 24.0 Å². The molecule has 0 unspecified atom stereocenters. The number of aryl methyl sites for hydroxylation is 1. The highest BCUT2D eigenvalue weighted by Crippen LogP contribution is 2.20. The van der Waals surface area contributed by atoms with Gasteiger partial charge in [-0.1, -0.05) is 12.1 Å². The van der Waals surface area contributed by atoms with Gasteiger partial charge in [-0.15, -0.1) is 0 Å². The molecule has 1 aliphatic rings. The van der Waals surface area contributed by atoms with Crippen LogP contribution >= 0.6 is 0 Å². The maximum absolute atomic E-state index is 4.62. The van der Waals surface area contributed by atoms with E-state index in [9.17, 15) is 0 Å². The maximum Gasteiger partial charge on any atom is 0.0652 e. The Kier molecular flexibility index (Phi) is 3.15. The molecule has 1 N–H and O–H groups in total. The van der Waals surface area contributed by atoms with Crippen molar-refractivity contribution in [2.75, 3.05) is 0 Å². The van der Waals surface area contributed by atoms with Crippen LogP contribution in [0.2, 0.25) is 0 Å². The van der Waals surface area contributed by atoms with E-state index in [0.29, 0.717) is 0 Å². The summed E-state index contributed by atoms with van der Waals surface area (Å²) in [5, 5.41) is 8.18. The molecule has 1 aromatic heterocycles. The van der Waals surface area contributed by atoms with E-state index >= 15 is 0 Å². The minimum atomic E-state index is 0.750. The third kappa shape index (κ3) is 2.56. The Morgan fingerprint density at radius 2 is 2.05 bits per heavy atom. The van der Waals surface area contributed by atoms with E-state index in [4.69, 9.17) is 0 Å². The lowest BCUT2D eigenvalue weighted by molar-refractivity contribution is 0.686. The minimum absolute atomic E-state index is 0.750. The molecule has 19 heavy (non-hydrogen) atoms. The fourth-order valence-corrected chi connectivity index (χ4v) is 2.32. The van der Waals surface area contributed by atoms with Gasteiger partial charge in [-0.05, 0) is 56.9 Å². The molecule has 0 radical (unpaired) electrons. The molecular formula is C16H21N3. The number of hydrogen-bond acceptors (Lipinski definition) is 2. The van der Waals surface area contributed by atoms with Crippen molar-refractivity contribution in [3.05, 3.63) is 46.8 Å². The largest absolute Gasteiger partial charge is 0.310 e. The van der Waals surface area contributed by atoms with Crippen molar-refractivity contribution in [2.24, 2.45) is 0 Å². The zero-order valence-electron chi connectivity index (χ0n) is 11.9. The Bertz CT molecular complexity index is 594. The first-order valence-electron chi connectivity index (χ1n) is 7.00. The van der Waals surface area contributed by atoms with Gasteiger partial charge in [0.1, 0.15) is 0 Å². The summed E-state index contributed by atoms with van der Waals surface area (Å²) in [7, 11) is 0. The fourth-order valence-electron chi connectivity index (χ4n) is 2.32. The van der Waals surface area contributed by atoms with Crippen molar-refractivity contribution < 1.29 is 0 Å². The first kappa shape index (κ1) is 12.4. The molecule has 0 amide bonds. The molecule has 1 heterocycles. The number of nitrogens with one attached hydrogen (secondary N) is 1. The molecule has 0 spiro atoms. The van der Waals surface area contributed by atoms with Crippen molar-refractivity contribution in [2.45, 2.75) is 46.2 Å². The Morgan fingerprint density at radius 3 is 2.68 bits per heavy atom. The van der Waals surface area contributed by atoms with Crippen molar-refractivity contribution in [1.82, 2.24) is 15.1 Å². The molecule has 3 rings (SSSR count). The van der Waals surface area contributed by atoms with Crippen molar-refractivity contribution >= 4 is 0 Å². The molecule has 0 aliphatic heterocycles. The van der Waals surface area contributed by atoms with Crippen LogP contribution in [0.15, 0.2) is 24.3 Å². The van der Waals surface area contributed by atoms with Gasteiger partial charge < -0.3 is 5.32 Å². The predicted octanol–water partition coefficient (Wildman–Crippen LogP) is 3.05. The second-order valence-electron chi connectivity index (χ2n) is 5.53. The van der Waals surface area contributed by atoms with Gasteiger partial charge in [0.15, 0.2) is 0 Å². The molecule has 1 saturated carbocycles. The summed E-state index contributed by atoms with van der Waals surface area (Å²) >= 11 is 0. The lowest BCUT2D eigenvalue weighted by Gasteiger charge is -2.08. The van der Waals surface area contributed by atoms with Crippen molar-refractivity contribution in [3.8, 4) is 5.69 Å². The van der Waals surface area contributed by atoms with Gasteiger partial charge in [0.2, 0.25) is 0 Å². The van der Waals surface area contributed by atoms with Gasteiger partial charge in [-0.3, -0.25) is 0 Å². The second-order valence-corrected chi connectivity index (χ2v) is 5.53. The van der Waals surface area contributed by atoms with Crippen LogP contribution in [0.3, 0.4) is 0 Å². The molecule has 1 aliphatic carbocycles. The topological polar surface area (TPSA) is 29.9 Å². The molecule has 3 nitrogen and oxygen atoms in total. The van der Waals surface area contributed by atoms with Gasteiger partial charge in [-0.25, -0.2) is 4.68 Å². The highest BCUT2D eigenvalue weighted by molar-refractivity contribution is 5.39. The third-order valence-corrected chi connectivity index (χ3v) is 3.98. The van der Waals surface area contributed by atoms with Gasteiger partial charge in [0, 0.05) is 18.3 Å². The molecule has 1 fully saturated rings. The Labute approximate surface area is 114 Å². The van der Waals surface area contributed by atoms with Gasteiger partial charge in [0.05, 0.1) is 11.4 Å². The molecule has 0 saturated heterocycles. The lowest BCUT2D eigenvalue weighted by atomic mass is 10.2. The Morgan fingerprint density at radius 1 is 1.26 bits per heavy atom. The van der Waals surface area contributed by atoms with Gasteiger partial charge >= 0.3 is 0 Å². The molecule has 2 aromatic rings. The second kappa shape index (κ2) is 4.82. The number of hydrogen-bond donors (Lipinski definition) is 1. The predicted molar refractivity (Wildman–Crippen MR) is 77.6 cm³/mol. The van der Waals surface area contributed by atoms with Crippen LogP contribution in [0.5, 0.6) is 0 Å². The van der Waals surface area contributed by atoms with E-state index in [1.807, 2.05) is 4.68 Å². The average Bonchev–Trinajstić information content (AvgIpc) is 3.21. The summed E-state index contributed by atoms with van der Waals surface area (Å²) in [6.45, 7) is 7.28. The number of aromatic nitrogens is 2. The summed E-state index contributed by atoms with van der Waals surface area (Å²) in [6.07, 6.45) is 2.66. The van der Waals surface area contributed by atoms with Crippen molar-refractivity contribution in [1.29, 1.82) is 0 Å². The van der Waals surface area contributed by atoms with Crippen LogP contribution < -0.4 is 5.32 Å². The summed E-state index contributed by atoms with van der Waals surface area (Å²) in [6, 6.07) is 9.40. The van der Waals surface area contributed by atoms with Gasteiger partial charge in [-0.2, -0.15) is 5.10 Å². The molecule has 0 bridgehead atoms. The fraction of sp³-hybridized carbons (Fsp3) is 0.438. The number of benzene rings is 1. The van der Waals surface area contributed by atoms with Crippen LogP contribution in [0.1, 0.15) is 35.4 Å². The van der Waals surface area contributed by atoms with Gasteiger partial charge in [0.25, 0.3) is 0 Å². The smallest absolute Gasteiger partial charge is 0.0652 e. The monoisotopic (exact) mass is 255 g/mol. The van der Waals surface area contributed by atoms with E-state index in [1.165, 1.54) is 29.7 Å². The molecule has 100 valence electrons. The lowest BCUT2D eigenvalue weighted by Crippen LogP contribution is -2.15. The maximum atomic E-state index is 4.62. The zero-order chi connectivity index (χ0) is 13.4. The summed E-state index contributed by atoms with van der Waals surface area (Å²) in [5.74, 6) is 0. The quantitative estimate of drug-likeness (QED) is 0.910. The summed E-state index contributed by atoms with van der Waals surface area (Å²) in [5.41, 5.74) is 6.10. The van der Waals surface area contributed by atoms with E-state index in [-0.39, 0.29) is 0 Å². The normalized spacial score (nSPS) is 14.9. The van der Waals surface area contributed by atoms with E-state index in [1.54, 1.807) is 0 Å². The average molecular weight is 255 g/mol. The first-order chi connectivity index (χ1) is 9.15. The number of nitrogens with zero attached hydrogens (tertiary/aromatic N) is 2. The molecule has 0 atom stereocenters. The zero-order valence-corrected chi connectivity index (χ0v) is 11.9. The molecule has 3 heteroatoms. The molecule has 1 aromatic carbocycles. The first-order valence-corrected chi connectivity index (χ1v) is 7.00. The van der Waals surface area contributed by atoms with E-state index < -0.39 is 0 Å². The molecular weight excluding hydrogens is 234 g/mol. The van der Waals surface area contributed by atoms with Crippen LogP contribution in [-0.2, 0) is 6.54 Å². The SMILES string of the molecule is Cc1nn(-c2cccc(CNC3CC3)c2)c(C)c1C. The van der Waals surface area contributed by atoms with Crippen molar-refractivity contribution in [3.63, 3.8) is 0 Å². The third-order valence-electron chi connectivity index (χ3n) is 3.98. The summed E-state index contributed by atoms with van der Waals surface area (Å²) < 4.78 is 2.05. The highest BCUT2D eigenvalue weighted by atomic mass is 15.3. The van der Waals surface area contributed by atoms with Crippen LogP contribution in [0.25, 0.3) is 5.69 Å². The highest BCUT2D eigenvalue weighted by Gasteiger charge is 2.20. The minimum Gasteiger partial charge on any atom is -0.310 e. The standard InChI is InChI=1S/C16H21N3/c1-11-12(2)18-19(13(11)3)16-6-4-5-14(9-16)10-17-15-7-8-15/h4-6,9,15,17H,7-8,10H2,1-3H3. The summed E-state index contributed by atoms with van der Waals surface area (Å²) in [4.78, 5) is 0. The Balaban J connectivity index is 1.86. The van der Waals surface area contributed by atoms with Crippen LogP contribution in [-0.4, -0.2) is 15.8 Å². The number of rotatable bonds is 4. The van der Waals surface area contributed by atoms with Crippen LogP contribution in [0.4, 0.5) is 0 Å². The Hall–Kier alpha value is -1.61.